The molecule has 0 nitrogen and oxygen atoms in total. The van der Waals surface area contributed by atoms with Gasteiger partial charge in [0.15, 0.2) is 0 Å². The SMILES string of the molecule is C[C@@H](C1=[C]C=CC1P(c1cc(C(F)(F)F)cc(C(F)(F)F)c1)c1cc(C(F)(F)F)cc(C(F)(F)F)c1)P(C1CCCCC1)C1CCCCC1. The van der Waals surface area contributed by atoms with E-state index in [9.17, 15) is 52.7 Å². The molecule has 0 saturated heterocycles. The van der Waals surface area contributed by atoms with E-state index in [2.05, 4.69) is 6.08 Å². The third kappa shape index (κ3) is 8.88. The largest absolute Gasteiger partial charge is 0.416 e. The van der Waals surface area contributed by atoms with Gasteiger partial charge in [0.05, 0.1) is 22.3 Å². The van der Waals surface area contributed by atoms with Crippen LogP contribution in [0.15, 0.2) is 54.1 Å². The van der Waals surface area contributed by atoms with Crippen LogP contribution in [0, 0.1) is 6.08 Å². The summed E-state index contributed by atoms with van der Waals surface area (Å²) in [6, 6.07) is 1.57. The summed E-state index contributed by atoms with van der Waals surface area (Å²) in [5.74, 6) is 0. The highest BCUT2D eigenvalue weighted by Gasteiger charge is 2.44. The van der Waals surface area contributed by atoms with Gasteiger partial charge < -0.3 is 0 Å². The summed E-state index contributed by atoms with van der Waals surface area (Å²) < 4.78 is 169. The fourth-order valence-electron chi connectivity index (χ4n) is 7.49. The van der Waals surface area contributed by atoms with Gasteiger partial charge in [-0.05, 0) is 109 Å². The smallest absolute Gasteiger partial charge is 0.166 e. The standard InChI is InChI=1S/C35H35F12P2/c1-21(48(26-9-4-2-5-10-26)27-11-6-3-7-12-27)30-13-8-14-31(30)49(28-17-22(32(36,37)38)15-23(18-28)33(39,40)41)29-19-24(34(42,43)44)16-25(20-29)35(45,46)47/h8,14-21,26-27,31H,2-7,9-12H2,1H3/t21-,31?/m0/s1. The van der Waals surface area contributed by atoms with Gasteiger partial charge in [0.1, 0.15) is 0 Å². The van der Waals surface area contributed by atoms with Gasteiger partial charge in [-0.2, -0.15) is 52.7 Å². The Morgan fingerprint density at radius 1 is 0.551 bits per heavy atom. The van der Waals surface area contributed by atoms with Crippen LogP contribution in [-0.2, 0) is 24.7 Å². The van der Waals surface area contributed by atoms with E-state index in [0.29, 0.717) is 41.2 Å². The Morgan fingerprint density at radius 2 is 0.898 bits per heavy atom. The number of rotatable bonds is 7. The van der Waals surface area contributed by atoms with E-state index < -0.39 is 79.1 Å². The first kappa shape index (κ1) is 38.2. The maximum absolute atomic E-state index is 14.1. The van der Waals surface area contributed by atoms with E-state index in [-0.39, 0.29) is 17.8 Å². The number of alkyl halides is 12. The minimum absolute atomic E-state index is 0.0916. The molecule has 0 heterocycles. The summed E-state index contributed by atoms with van der Waals surface area (Å²) >= 11 is 0. The van der Waals surface area contributed by atoms with Crippen LogP contribution >= 0.6 is 15.8 Å². The van der Waals surface area contributed by atoms with Crippen molar-refractivity contribution >= 4 is 26.5 Å². The van der Waals surface area contributed by atoms with Gasteiger partial charge in [0.25, 0.3) is 0 Å². The second kappa shape index (κ2) is 14.5. The van der Waals surface area contributed by atoms with Crippen LogP contribution in [0.2, 0.25) is 0 Å². The molecular weight excluding hydrogens is 710 g/mol. The van der Waals surface area contributed by atoms with Crippen LogP contribution in [-0.4, -0.2) is 22.6 Å². The Balaban J connectivity index is 1.72. The predicted molar refractivity (Wildman–Crippen MR) is 169 cm³/mol. The Hall–Kier alpha value is -2.06. The zero-order chi connectivity index (χ0) is 35.9. The molecule has 3 aliphatic carbocycles. The molecule has 0 N–H and O–H groups in total. The average Bonchev–Trinajstić information content (AvgIpc) is 3.50. The number of hydrogen-bond donors (Lipinski definition) is 0. The van der Waals surface area contributed by atoms with Crippen molar-refractivity contribution in [2.45, 2.75) is 118 Å². The highest BCUT2D eigenvalue weighted by molar-refractivity contribution is 7.74. The first-order valence-corrected chi connectivity index (χ1v) is 19.2. The molecule has 0 aromatic heterocycles. The van der Waals surface area contributed by atoms with E-state index in [1.807, 2.05) is 6.92 Å². The monoisotopic (exact) mass is 745 g/mol. The Morgan fingerprint density at radius 3 is 1.22 bits per heavy atom. The van der Waals surface area contributed by atoms with Crippen LogP contribution in [0.4, 0.5) is 52.7 Å². The maximum Gasteiger partial charge on any atom is 0.416 e. The summed E-state index contributed by atoms with van der Waals surface area (Å²) in [5.41, 5.74) is -6.88. The summed E-state index contributed by atoms with van der Waals surface area (Å²) in [4.78, 5) is 0. The number of halogens is 12. The molecule has 1 radical (unpaired) electrons. The zero-order valence-corrected chi connectivity index (χ0v) is 28.2. The van der Waals surface area contributed by atoms with Gasteiger partial charge in [-0.25, -0.2) is 0 Å². The molecule has 0 amide bonds. The lowest BCUT2D eigenvalue weighted by atomic mass is 9.99. The first-order valence-electron chi connectivity index (χ1n) is 16.2. The fourth-order valence-corrected chi connectivity index (χ4v) is 14.8. The lowest BCUT2D eigenvalue weighted by Gasteiger charge is -2.44. The third-order valence-electron chi connectivity index (χ3n) is 9.72. The van der Waals surface area contributed by atoms with E-state index in [4.69, 9.17) is 0 Å². The first-order chi connectivity index (χ1) is 22.7. The van der Waals surface area contributed by atoms with Crippen molar-refractivity contribution < 1.29 is 52.7 Å². The van der Waals surface area contributed by atoms with Gasteiger partial charge in [0.2, 0.25) is 0 Å². The minimum atomic E-state index is -5.28. The molecule has 2 atom stereocenters. The van der Waals surface area contributed by atoms with Gasteiger partial charge in [-0.15, -0.1) is 0 Å². The normalized spacial score (nSPS) is 21.1. The Bertz CT molecular complexity index is 1360. The van der Waals surface area contributed by atoms with Gasteiger partial charge in [-0.1, -0.05) is 65.5 Å². The van der Waals surface area contributed by atoms with Crippen molar-refractivity contribution in [3.63, 3.8) is 0 Å². The quantitative estimate of drug-likeness (QED) is 0.196. The molecule has 2 saturated carbocycles. The van der Waals surface area contributed by atoms with Crippen LogP contribution in [0.1, 0.15) is 93.4 Å². The van der Waals surface area contributed by atoms with Gasteiger partial charge >= 0.3 is 24.7 Å². The molecule has 269 valence electrons. The van der Waals surface area contributed by atoms with E-state index in [1.165, 1.54) is 12.2 Å². The second-order valence-corrected chi connectivity index (χ2v) is 18.5. The molecule has 3 aliphatic rings. The zero-order valence-electron chi connectivity index (χ0n) is 26.4. The van der Waals surface area contributed by atoms with Gasteiger partial charge in [0, 0.05) is 5.66 Å². The third-order valence-corrected chi connectivity index (χ3v) is 16.2. The molecule has 0 bridgehead atoms. The van der Waals surface area contributed by atoms with Crippen molar-refractivity contribution in [1.29, 1.82) is 0 Å². The topological polar surface area (TPSA) is 0 Å². The summed E-state index contributed by atoms with van der Waals surface area (Å²) in [6.07, 6.45) is -4.90. The summed E-state index contributed by atoms with van der Waals surface area (Å²) in [7, 11) is -3.52. The van der Waals surface area contributed by atoms with Crippen LogP contribution in [0.25, 0.3) is 0 Å². The number of allylic oxidation sites excluding steroid dienone is 4. The van der Waals surface area contributed by atoms with Crippen LogP contribution < -0.4 is 10.6 Å². The minimum Gasteiger partial charge on any atom is -0.166 e. The van der Waals surface area contributed by atoms with Crippen molar-refractivity contribution in [2.75, 3.05) is 0 Å². The van der Waals surface area contributed by atoms with Crippen LogP contribution in [0.5, 0.6) is 0 Å². The summed E-state index contributed by atoms with van der Waals surface area (Å²) in [5, 5.41) is -1.24. The molecular formula is C35H35F12P2. The molecule has 5 rings (SSSR count). The molecule has 49 heavy (non-hydrogen) atoms. The molecule has 1 unspecified atom stereocenters. The van der Waals surface area contributed by atoms with E-state index in [0.717, 1.165) is 64.2 Å². The Labute approximate surface area is 279 Å². The second-order valence-electron chi connectivity index (χ2n) is 13.0. The van der Waals surface area contributed by atoms with Crippen molar-refractivity contribution in [1.82, 2.24) is 0 Å². The predicted octanol–water partition coefficient (Wildman–Crippen LogP) is 12.4. The molecule has 2 fully saturated rings. The van der Waals surface area contributed by atoms with Crippen molar-refractivity contribution in [3.8, 4) is 0 Å². The molecule has 2 aromatic rings. The average molecular weight is 746 g/mol. The Kier molecular flexibility index (Phi) is 11.3. The highest BCUT2D eigenvalue weighted by atomic mass is 31.1. The van der Waals surface area contributed by atoms with E-state index >= 15 is 0 Å². The van der Waals surface area contributed by atoms with Crippen molar-refractivity contribution in [2.24, 2.45) is 0 Å². The molecule has 0 aliphatic heterocycles. The number of benzene rings is 2. The van der Waals surface area contributed by atoms with Crippen molar-refractivity contribution in [3.05, 3.63) is 82.5 Å². The summed E-state index contributed by atoms with van der Waals surface area (Å²) in [6.45, 7) is 1.95. The highest BCUT2D eigenvalue weighted by Crippen LogP contribution is 2.63. The molecule has 2 aromatic carbocycles. The van der Waals surface area contributed by atoms with E-state index in [1.54, 1.807) is 0 Å². The maximum atomic E-state index is 14.1. The van der Waals surface area contributed by atoms with Crippen LogP contribution in [0.3, 0.4) is 0 Å². The molecule has 0 spiro atoms. The van der Waals surface area contributed by atoms with Gasteiger partial charge in [-0.3, -0.25) is 0 Å². The lowest BCUT2D eigenvalue weighted by Crippen LogP contribution is -2.31. The lowest BCUT2D eigenvalue weighted by molar-refractivity contribution is -0.144. The fraction of sp³-hybridized carbons (Fsp3) is 0.543. The number of hydrogen-bond acceptors (Lipinski definition) is 0. The molecule has 14 heteroatoms.